The lowest BCUT2D eigenvalue weighted by atomic mass is 9.85. The number of nitrogens with one attached hydrogen (secondary N) is 2. The number of carbonyl (C=O) groups excluding carboxylic acids is 2. The Bertz CT molecular complexity index is 1840. The van der Waals surface area contributed by atoms with E-state index in [1.54, 1.807) is 0 Å². The van der Waals surface area contributed by atoms with Crippen LogP contribution in [0.5, 0.6) is 0 Å². The monoisotopic (exact) mass is 566 g/mol. The lowest BCUT2D eigenvalue weighted by Crippen LogP contribution is -2.15. The van der Waals surface area contributed by atoms with Crippen LogP contribution in [0.15, 0.2) is 18.2 Å². The Morgan fingerprint density at radius 1 is 1.00 bits per heavy atom. The van der Waals surface area contributed by atoms with Crippen LogP contribution < -0.4 is 0 Å². The fraction of sp³-hybridized carbons (Fsp3) is 0.412. The van der Waals surface area contributed by atoms with Crippen LogP contribution in [0, 0.1) is 13.8 Å². The van der Waals surface area contributed by atoms with Crippen molar-refractivity contribution in [3.8, 4) is 0 Å². The van der Waals surface area contributed by atoms with Gasteiger partial charge in [-0.1, -0.05) is 20.8 Å². The molecule has 0 radical (unpaired) electrons. The fourth-order valence-electron chi connectivity index (χ4n) is 6.86. The Morgan fingerprint density at radius 2 is 1.74 bits per heavy atom. The maximum absolute atomic E-state index is 13.1. The molecule has 8 bridgehead atoms. The number of carbonyl (C=O) groups is 2. The van der Waals surface area contributed by atoms with Crippen molar-refractivity contribution < 1.29 is 19.1 Å². The largest absolute Gasteiger partial charge is 0.469 e. The van der Waals surface area contributed by atoms with Gasteiger partial charge < -0.3 is 19.4 Å². The summed E-state index contributed by atoms with van der Waals surface area (Å²) in [4.78, 5) is 42.8. The first kappa shape index (κ1) is 27.9. The highest BCUT2D eigenvalue weighted by molar-refractivity contribution is 6.04. The van der Waals surface area contributed by atoms with Crippen molar-refractivity contribution in [2.24, 2.45) is 0 Å². The molecule has 8 heteroatoms. The van der Waals surface area contributed by atoms with Crippen LogP contribution in [0.2, 0.25) is 0 Å². The van der Waals surface area contributed by atoms with Crippen molar-refractivity contribution >= 4 is 45.2 Å². The average molecular weight is 567 g/mol. The van der Waals surface area contributed by atoms with Crippen LogP contribution in [-0.2, 0) is 27.3 Å². The number of hydrogen-bond donors (Lipinski definition) is 2. The first-order valence-corrected chi connectivity index (χ1v) is 14.9. The number of aryl methyl sites for hydroxylation is 3. The lowest BCUT2D eigenvalue weighted by Gasteiger charge is -2.19. The molecule has 3 aliphatic heterocycles. The third kappa shape index (κ3) is 4.35. The minimum atomic E-state index is -0.341. The van der Waals surface area contributed by atoms with E-state index in [0.717, 1.165) is 74.4 Å². The smallest absolute Gasteiger partial charge is 0.340 e. The molecule has 42 heavy (non-hydrogen) atoms. The second-order valence-electron chi connectivity index (χ2n) is 11.6. The Balaban J connectivity index is 1.76. The molecule has 8 nitrogen and oxygen atoms in total. The Hall–Kier alpha value is -4.20. The summed E-state index contributed by atoms with van der Waals surface area (Å²) in [5.41, 5.74) is 14.3. The number of hydrogen-bond acceptors (Lipinski definition) is 6. The van der Waals surface area contributed by atoms with Gasteiger partial charge in [-0.05, 0) is 86.1 Å². The molecule has 0 unspecified atom stereocenters. The molecule has 0 saturated heterocycles. The molecule has 2 N–H and O–H groups in total. The summed E-state index contributed by atoms with van der Waals surface area (Å²) in [6.45, 7) is 12.8. The van der Waals surface area contributed by atoms with E-state index in [4.69, 9.17) is 19.4 Å². The number of fused-ring (bicyclic) bond motifs is 8. The van der Waals surface area contributed by atoms with Gasteiger partial charge in [-0.25, -0.2) is 9.78 Å². The highest BCUT2D eigenvalue weighted by atomic mass is 16.5. The van der Waals surface area contributed by atoms with Gasteiger partial charge in [0.2, 0.25) is 0 Å². The third-order valence-electron chi connectivity index (χ3n) is 9.41. The molecular weight excluding hydrogens is 528 g/mol. The molecule has 0 amide bonds. The summed E-state index contributed by atoms with van der Waals surface area (Å²) < 4.78 is 10.7. The maximum Gasteiger partial charge on any atom is 0.340 e. The molecular formula is C34H38N4O4. The van der Waals surface area contributed by atoms with Crippen molar-refractivity contribution in [2.45, 2.75) is 85.7 Å². The van der Waals surface area contributed by atoms with Crippen molar-refractivity contribution in [3.05, 3.63) is 68.8 Å². The standard InChI is InChI=1S/C34H38N4O4/c1-8-20-16(3)24-12-26-18(5)22(10-11-30(39)41-7)32(37-26)23-15-42-34(40)31-19(6)27(38-33(23)31)14-29-21(9-2)17(4)25(36-29)13-28(20)35-24/h12-14,18,22,35,38H,8-11,15H2,1-7H3/t18-,22-/m0/s1. The number of ether oxygens (including phenoxy) is 2. The molecule has 6 rings (SSSR count). The number of nitrogens with zero attached hydrogens (tertiary/aromatic N) is 2. The van der Waals surface area contributed by atoms with E-state index in [9.17, 15) is 9.59 Å². The number of allylic oxidation sites excluding steroid dienone is 2. The van der Waals surface area contributed by atoms with Crippen LogP contribution in [0.3, 0.4) is 0 Å². The molecule has 218 valence electrons. The third-order valence-corrected chi connectivity index (χ3v) is 9.41. The summed E-state index contributed by atoms with van der Waals surface area (Å²) in [5.74, 6) is -0.584. The van der Waals surface area contributed by atoms with E-state index >= 15 is 0 Å². The maximum atomic E-state index is 13.1. The summed E-state index contributed by atoms with van der Waals surface area (Å²) in [7, 11) is 1.42. The molecule has 3 aromatic rings. The van der Waals surface area contributed by atoms with Gasteiger partial charge in [0.25, 0.3) is 0 Å². The minimum Gasteiger partial charge on any atom is -0.469 e. The van der Waals surface area contributed by atoms with Crippen molar-refractivity contribution in [2.75, 3.05) is 7.11 Å². The number of methoxy groups -OCH3 is 1. The minimum absolute atomic E-state index is 0.0399. The molecule has 0 fully saturated rings. The van der Waals surface area contributed by atoms with Crippen LogP contribution in [0.25, 0.3) is 33.2 Å². The van der Waals surface area contributed by atoms with Crippen LogP contribution in [0.4, 0.5) is 0 Å². The van der Waals surface area contributed by atoms with Gasteiger partial charge in [0.1, 0.15) is 6.61 Å². The number of esters is 2. The van der Waals surface area contributed by atoms with Crippen LogP contribution in [-0.4, -0.2) is 39.0 Å². The number of H-pyrrole nitrogens is 2. The normalized spacial score (nSPS) is 17.9. The second-order valence-corrected chi connectivity index (χ2v) is 11.6. The van der Waals surface area contributed by atoms with E-state index in [1.165, 1.54) is 23.8 Å². The molecule has 0 saturated carbocycles. The van der Waals surface area contributed by atoms with E-state index in [0.29, 0.717) is 12.0 Å². The molecule has 2 atom stereocenters. The fourth-order valence-corrected chi connectivity index (χ4v) is 6.86. The molecule has 0 spiro atoms. The number of cyclic esters (lactones) is 1. The predicted octanol–water partition coefficient (Wildman–Crippen LogP) is 7.35. The van der Waals surface area contributed by atoms with Crippen LogP contribution >= 0.6 is 0 Å². The van der Waals surface area contributed by atoms with Gasteiger partial charge >= 0.3 is 11.9 Å². The van der Waals surface area contributed by atoms with Gasteiger partial charge in [0.05, 0.1) is 35.3 Å². The van der Waals surface area contributed by atoms with E-state index in [-0.39, 0.29) is 36.8 Å². The van der Waals surface area contributed by atoms with Crippen molar-refractivity contribution in [3.63, 3.8) is 0 Å². The summed E-state index contributed by atoms with van der Waals surface area (Å²) in [6, 6.07) is 6.36. The molecule has 6 heterocycles. The highest BCUT2D eigenvalue weighted by Crippen LogP contribution is 2.43. The highest BCUT2D eigenvalue weighted by Gasteiger charge is 2.35. The van der Waals surface area contributed by atoms with Gasteiger partial charge in [-0.3, -0.25) is 9.78 Å². The van der Waals surface area contributed by atoms with Crippen molar-refractivity contribution in [1.29, 1.82) is 0 Å². The van der Waals surface area contributed by atoms with E-state index < -0.39 is 0 Å². The Morgan fingerprint density at radius 3 is 2.45 bits per heavy atom. The number of aromatic nitrogens is 4. The average Bonchev–Trinajstić information content (AvgIpc) is 3.65. The van der Waals surface area contributed by atoms with Crippen molar-refractivity contribution in [1.82, 2.24) is 19.9 Å². The number of aromatic amines is 2. The predicted molar refractivity (Wildman–Crippen MR) is 164 cm³/mol. The van der Waals surface area contributed by atoms with E-state index in [2.05, 4.69) is 62.8 Å². The molecule has 3 aliphatic rings. The molecule has 0 aromatic carbocycles. The van der Waals surface area contributed by atoms with Gasteiger partial charge in [-0.15, -0.1) is 0 Å². The Kier molecular flexibility index (Phi) is 7.03. The zero-order valence-corrected chi connectivity index (χ0v) is 25.4. The molecule has 3 aromatic heterocycles. The lowest BCUT2D eigenvalue weighted by molar-refractivity contribution is -0.140. The SMILES string of the molecule is CCC1=C(C)c2cc3[nH]c(cc4nc(c5c6[nH]c(cc1n2)c(C)c6C(=O)OC5)[C@@H](CCC(=O)OC)[C@@H]4C)c(C)c3CC. The second kappa shape index (κ2) is 10.6. The van der Waals surface area contributed by atoms with Gasteiger partial charge in [0, 0.05) is 46.1 Å². The molecule has 0 aliphatic carbocycles. The first-order chi connectivity index (χ1) is 20.2. The zero-order chi connectivity index (χ0) is 29.9. The topological polar surface area (TPSA) is 110 Å². The zero-order valence-electron chi connectivity index (χ0n) is 25.4. The quantitative estimate of drug-likeness (QED) is 0.313. The number of rotatable bonds is 5. The summed E-state index contributed by atoms with van der Waals surface area (Å²) >= 11 is 0. The first-order valence-electron chi connectivity index (χ1n) is 14.9. The van der Waals surface area contributed by atoms with Gasteiger partial charge in [0.15, 0.2) is 0 Å². The Labute approximate surface area is 245 Å². The summed E-state index contributed by atoms with van der Waals surface area (Å²) in [6.07, 6.45) is 2.59. The summed E-state index contributed by atoms with van der Waals surface area (Å²) in [5, 5.41) is 0. The van der Waals surface area contributed by atoms with Crippen LogP contribution in [0.1, 0.15) is 114 Å². The van der Waals surface area contributed by atoms with Gasteiger partial charge in [-0.2, -0.15) is 0 Å². The van der Waals surface area contributed by atoms with E-state index in [1.807, 2.05) is 6.92 Å².